The molecule has 1 aliphatic carbocycles. The summed E-state index contributed by atoms with van der Waals surface area (Å²) >= 11 is 0. The number of hydrogen-bond donors (Lipinski definition) is 2. The molecule has 0 bridgehead atoms. The molecule has 1 aliphatic rings. The highest BCUT2D eigenvalue weighted by Crippen LogP contribution is 2.32. The van der Waals surface area contributed by atoms with Gasteiger partial charge < -0.3 is 15.8 Å². The van der Waals surface area contributed by atoms with Gasteiger partial charge >= 0.3 is 5.97 Å². The van der Waals surface area contributed by atoms with Crippen LogP contribution >= 0.6 is 0 Å². The SMILES string of the molecule is COC(=O)[C@H]1C[C@H](Nc2ccc(C#N)cc2N)C1. The maximum Gasteiger partial charge on any atom is 0.308 e. The normalized spacial score (nSPS) is 21.6. The van der Waals surface area contributed by atoms with Gasteiger partial charge in [-0.05, 0) is 31.0 Å². The van der Waals surface area contributed by atoms with E-state index in [1.165, 1.54) is 7.11 Å². The molecule has 0 aliphatic heterocycles. The topological polar surface area (TPSA) is 88.1 Å². The number of nitrogens with two attached hydrogens (primary N) is 1. The van der Waals surface area contributed by atoms with Crippen LogP contribution in [0, 0.1) is 17.2 Å². The first-order valence-electron chi connectivity index (χ1n) is 5.78. The second-order valence-corrected chi connectivity index (χ2v) is 4.45. The van der Waals surface area contributed by atoms with Crippen LogP contribution in [0.3, 0.4) is 0 Å². The minimum Gasteiger partial charge on any atom is -0.469 e. The lowest BCUT2D eigenvalue weighted by molar-refractivity contribution is -0.148. The number of rotatable bonds is 3. The number of anilines is 2. The zero-order valence-electron chi connectivity index (χ0n) is 10.1. The fourth-order valence-electron chi connectivity index (χ4n) is 2.08. The largest absolute Gasteiger partial charge is 0.469 e. The second-order valence-electron chi connectivity index (χ2n) is 4.45. The summed E-state index contributed by atoms with van der Waals surface area (Å²) in [5.74, 6) is -0.159. The first-order valence-corrected chi connectivity index (χ1v) is 5.78. The van der Waals surface area contributed by atoms with Crippen molar-refractivity contribution in [3.63, 3.8) is 0 Å². The lowest BCUT2D eigenvalue weighted by Crippen LogP contribution is -2.40. The van der Waals surface area contributed by atoms with Gasteiger partial charge in [-0.25, -0.2) is 0 Å². The van der Waals surface area contributed by atoms with E-state index in [-0.39, 0.29) is 17.9 Å². The maximum absolute atomic E-state index is 11.2. The molecule has 0 unspecified atom stereocenters. The summed E-state index contributed by atoms with van der Waals surface area (Å²) in [4.78, 5) is 11.2. The number of ether oxygens (including phenoxy) is 1. The molecule has 0 spiro atoms. The number of carbonyl (C=O) groups is 1. The van der Waals surface area contributed by atoms with Crippen molar-refractivity contribution in [2.45, 2.75) is 18.9 Å². The Labute approximate surface area is 106 Å². The van der Waals surface area contributed by atoms with E-state index in [4.69, 9.17) is 11.0 Å². The molecule has 0 heterocycles. The molecule has 0 aromatic heterocycles. The molecule has 3 N–H and O–H groups in total. The highest BCUT2D eigenvalue weighted by atomic mass is 16.5. The molecular formula is C13H15N3O2. The fourth-order valence-corrected chi connectivity index (χ4v) is 2.08. The standard InChI is InChI=1S/C13H15N3O2/c1-18-13(17)9-5-10(6-9)16-12-3-2-8(7-14)4-11(12)15/h2-4,9-10,16H,5-6,15H2,1H3/t9-,10-. The molecule has 18 heavy (non-hydrogen) atoms. The molecule has 2 rings (SSSR count). The summed E-state index contributed by atoms with van der Waals surface area (Å²) in [6.07, 6.45) is 1.51. The summed E-state index contributed by atoms with van der Waals surface area (Å²) in [6, 6.07) is 7.42. The van der Waals surface area contributed by atoms with Gasteiger partial charge in [0.25, 0.3) is 0 Å². The predicted octanol–water partition coefficient (Wildman–Crippen LogP) is 1.50. The molecule has 5 nitrogen and oxygen atoms in total. The minimum atomic E-state index is -0.152. The molecule has 1 aromatic rings. The average Bonchev–Trinajstić information content (AvgIpc) is 2.33. The van der Waals surface area contributed by atoms with E-state index in [1.54, 1.807) is 18.2 Å². The van der Waals surface area contributed by atoms with Crippen molar-refractivity contribution in [1.82, 2.24) is 0 Å². The summed E-state index contributed by atoms with van der Waals surface area (Å²) in [5, 5.41) is 12.0. The van der Waals surface area contributed by atoms with Crippen LogP contribution in [0.25, 0.3) is 0 Å². The quantitative estimate of drug-likeness (QED) is 0.622. The number of benzene rings is 1. The van der Waals surface area contributed by atoms with E-state index in [1.807, 2.05) is 6.07 Å². The average molecular weight is 245 g/mol. The number of nitrogens with one attached hydrogen (secondary N) is 1. The summed E-state index contributed by atoms with van der Waals surface area (Å²) in [5.41, 5.74) is 7.74. The van der Waals surface area contributed by atoms with Gasteiger partial charge in [-0.1, -0.05) is 0 Å². The van der Waals surface area contributed by atoms with Gasteiger partial charge in [-0.2, -0.15) is 5.26 Å². The summed E-state index contributed by atoms with van der Waals surface area (Å²) < 4.78 is 4.68. The maximum atomic E-state index is 11.2. The molecule has 0 atom stereocenters. The third kappa shape index (κ3) is 2.38. The Bertz CT molecular complexity index is 501. The van der Waals surface area contributed by atoms with Gasteiger partial charge in [0.15, 0.2) is 0 Å². The second kappa shape index (κ2) is 4.96. The number of carbonyl (C=O) groups excluding carboxylic acids is 1. The van der Waals surface area contributed by atoms with Crippen molar-refractivity contribution in [1.29, 1.82) is 5.26 Å². The first kappa shape index (κ1) is 12.2. The van der Waals surface area contributed by atoms with E-state index in [9.17, 15) is 4.79 Å². The number of methoxy groups -OCH3 is 1. The molecule has 1 saturated carbocycles. The van der Waals surface area contributed by atoms with Crippen LogP contribution in [0.2, 0.25) is 0 Å². The van der Waals surface area contributed by atoms with Crippen molar-refractivity contribution in [2.24, 2.45) is 5.92 Å². The molecular weight excluding hydrogens is 230 g/mol. The lowest BCUT2D eigenvalue weighted by Gasteiger charge is -2.34. The van der Waals surface area contributed by atoms with Crippen molar-refractivity contribution in [2.75, 3.05) is 18.2 Å². The van der Waals surface area contributed by atoms with E-state index < -0.39 is 0 Å². The zero-order valence-corrected chi connectivity index (χ0v) is 10.1. The number of nitrogen functional groups attached to an aromatic ring is 1. The molecule has 1 aromatic carbocycles. The first-order chi connectivity index (χ1) is 8.63. The molecule has 94 valence electrons. The number of nitriles is 1. The molecule has 0 amide bonds. The molecule has 0 saturated heterocycles. The van der Waals surface area contributed by atoms with Crippen LogP contribution in [-0.2, 0) is 9.53 Å². The van der Waals surface area contributed by atoms with Gasteiger partial charge in [-0.3, -0.25) is 4.79 Å². The smallest absolute Gasteiger partial charge is 0.308 e. The Hall–Kier alpha value is -2.22. The van der Waals surface area contributed by atoms with Gasteiger partial charge in [0.05, 0.1) is 36.0 Å². The van der Waals surface area contributed by atoms with Gasteiger partial charge in [0.2, 0.25) is 0 Å². The van der Waals surface area contributed by atoms with Gasteiger partial charge in [-0.15, -0.1) is 0 Å². The van der Waals surface area contributed by atoms with Crippen LogP contribution in [0.15, 0.2) is 18.2 Å². The number of esters is 1. The number of nitrogens with zero attached hydrogens (tertiary/aromatic N) is 1. The summed E-state index contributed by atoms with van der Waals surface area (Å²) in [7, 11) is 1.40. The Morgan fingerprint density at radius 3 is 2.83 bits per heavy atom. The van der Waals surface area contributed by atoms with Gasteiger partial charge in [0, 0.05) is 6.04 Å². The zero-order chi connectivity index (χ0) is 13.1. The Kier molecular flexibility index (Phi) is 3.38. The van der Waals surface area contributed by atoms with E-state index >= 15 is 0 Å². The van der Waals surface area contributed by atoms with Crippen LogP contribution in [0.4, 0.5) is 11.4 Å². The third-order valence-corrected chi connectivity index (χ3v) is 3.21. The Morgan fingerprint density at radius 2 is 2.28 bits per heavy atom. The highest BCUT2D eigenvalue weighted by Gasteiger charge is 2.35. The van der Waals surface area contributed by atoms with Crippen molar-refractivity contribution in [3.8, 4) is 6.07 Å². The lowest BCUT2D eigenvalue weighted by atomic mass is 9.80. The monoisotopic (exact) mass is 245 g/mol. The summed E-state index contributed by atoms with van der Waals surface area (Å²) in [6.45, 7) is 0. The number of hydrogen-bond acceptors (Lipinski definition) is 5. The molecule has 0 radical (unpaired) electrons. The van der Waals surface area contributed by atoms with Crippen LogP contribution < -0.4 is 11.1 Å². The van der Waals surface area contributed by atoms with E-state index in [0.717, 1.165) is 18.5 Å². The van der Waals surface area contributed by atoms with Crippen LogP contribution in [0.5, 0.6) is 0 Å². The van der Waals surface area contributed by atoms with Crippen molar-refractivity contribution in [3.05, 3.63) is 23.8 Å². The van der Waals surface area contributed by atoms with Crippen molar-refractivity contribution < 1.29 is 9.53 Å². The fraction of sp³-hybridized carbons (Fsp3) is 0.385. The van der Waals surface area contributed by atoms with Crippen molar-refractivity contribution >= 4 is 17.3 Å². The third-order valence-electron chi connectivity index (χ3n) is 3.21. The van der Waals surface area contributed by atoms with Crippen LogP contribution in [-0.4, -0.2) is 19.1 Å². The van der Waals surface area contributed by atoms with Crippen LogP contribution in [0.1, 0.15) is 18.4 Å². The molecule has 1 fully saturated rings. The van der Waals surface area contributed by atoms with E-state index in [2.05, 4.69) is 10.1 Å². The predicted molar refractivity (Wildman–Crippen MR) is 67.7 cm³/mol. The Morgan fingerprint density at radius 1 is 1.56 bits per heavy atom. The van der Waals surface area contributed by atoms with E-state index in [0.29, 0.717) is 11.3 Å². The van der Waals surface area contributed by atoms with Gasteiger partial charge in [0.1, 0.15) is 0 Å². The highest BCUT2D eigenvalue weighted by molar-refractivity contribution is 5.74. The molecule has 5 heteroatoms. The minimum absolute atomic E-state index is 0.00731. The Balaban J connectivity index is 1.93.